The summed E-state index contributed by atoms with van der Waals surface area (Å²) in [6, 6.07) is 41.5. The average molecular weight is 420 g/mol. The van der Waals surface area contributed by atoms with E-state index >= 15 is 0 Å². The number of hydrogen-bond donors (Lipinski definition) is 2. The minimum absolute atomic E-state index is 0.144. The molecule has 4 aromatic carbocycles. The van der Waals surface area contributed by atoms with E-state index in [0.717, 1.165) is 28.7 Å². The Morgan fingerprint density at radius 2 is 0.781 bits per heavy atom. The molecule has 0 spiro atoms. The minimum Gasteiger partial charge on any atom is -0.317 e. The van der Waals surface area contributed by atoms with Crippen molar-refractivity contribution in [3.63, 3.8) is 0 Å². The van der Waals surface area contributed by atoms with Crippen molar-refractivity contribution >= 4 is 0 Å². The summed E-state index contributed by atoms with van der Waals surface area (Å²) in [7, 11) is 0. The van der Waals surface area contributed by atoms with Gasteiger partial charge in [-0.05, 0) is 35.1 Å². The van der Waals surface area contributed by atoms with Crippen LogP contribution in [0.3, 0.4) is 0 Å². The Morgan fingerprint density at radius 3 is 1.00 bits per heavy atom. The van der Waals surface area contributed by atoms with Gasteiger partial charge in [-0.2, -0.15) is 0 Å². The molecule has 0 fully saturated rings. The van der Waals surface area contributed by atoms with E-state index in [4.69, 9.17) is 11.5 Å². The summed E-state index contributed by atoms with van der Waals surface area (Å²) in [6.07, 6.45) is 2.94. The second-order valence-electron chi connectivity index (χ2n) is 8.40. The van der Waals surface area contributed by atoms with Crippen molar-refractivity contribution in [2.45, 2.75) is 24.4 Å². The Bertz CT molecular complexity index is 925. The van der Waals surface area contributed by atoms with E-state index < -0.39 is 11.1 Å². The molecule has 0 amide bonds. The third kappa shape index (κ3) is 3.88. The van der Waals surface area contributed by atoms with Crippen LogP contribution in [-0.2, 0) is 11.1 Å². The van der Waals surface area contributed by atoms with Crippen LogP contribution in [0.4, 0.5) is 0 Å². The van der Waals surface area contributed by atoms with Crippen LogP contribution in [0.15, 0.2) is 121 Å². The van der Waals surface area contributed by atoms with Crippen LogP contribution in [0.1, 0.15) is 35.6 Å². The van der Waals surface area contributed by atoms with Gasteiger partial charge in [-0.1, -0.05) is 128 Å². The molecule has 4 aromatic rings. The third-order valence-electron chi connectivity index (χ3n) is 6.58. The lowest BCUT2D eigenvalue weighted by molar-refractivity contribution is 0.210. The largest absolute Gasteiger partial charge is 0.317 e. The first-order valence-corrected chi connectivity index (χ1v) is 11.2. The zero-order chi connectivity index (χ0) is 22.4. The lowest BCUT2D eigenvalue weighted by Crippen LogP contribution is -2.58. The van der Waals surface area contributed by atoms with Crippen LogP contribution in [0, 0.1) is 12.3 Å². The summed E-state index contributed by atoms with van der Waals surface area (Å²) in [4.78, 5) is 0. The van der Waals surface area contributed by atoms with Gasteiger partial charge in [0.1, 0.15) is 0 Å². The van der Waals surface area contributed by atoms with Crippen LogP contribution < -0.4 is 11.5 Å². The van der Waals surface area contributed by atoms with Gasteiger partial charge in [-0.25, -0.2) is 0 Å². The number of nitrogens with two attached hydrogens (primary N) is 2. The normalized spacial score (nSPS) is 12.1. The summed E-state index contributed by atoms with van der Waals surface area (Å²) in [6.45, 7) is 2.08. The van der Waals surface area contributed by atoms with E-state index in [0.29, 0.717) is 0 Å². The second kappa shape index (κ2) is 9.52. The molecule has 4 N–H and O–H groups in total. The summed E-state index contributed by atoms with van der Waals surface area (Å²) < 4.78 is 0. The number of rotatable bonds is 8. The van der Waals surface area contributed by atoms with E-state index in [-0.39, 0.29) is 5.92 Å². The molecule has 0 saturated carbocycles. The van der Waals surface area contributed by atoms with Crippen molar-refractivity contribution in [3.8, 4) is 0 Å². The van der Waals surface area contributed by atoms with Gasteiger partial charge in [0, 0.05) is 5.92 Å². The summed E-state index contributed by atoms with van der Waals surface area (Å²) >= 11 is 0. The molecule has 0 atom stereocenters. The Morgan fingerprint density at radius 1 is 0.531 bits per heavy atom. The van der Waals surface area contributed by atoms with Crippen molar-refractivity contribution in [1.29, 1.82) is 0 Å². The van der Waals surface area contributed by atoms with Crippen LogP contribution in [-0.4, -0.2) is 0 Å². The van der Waals surface area contributed by atoms with Gasteiger partial charge in [0.25, 0.3) is 0 Å². The lowest BCUT2D eigenvalue weighted by atomic mass is 9.60. The van der Waals surface area contributed by atoms with Crippen molar-refractivity contribution in [3.05, 3.63) is 150 Å². The van der Waals surface area contributed by atoms with E-state index in [1.165, 1.54) is 0 Å². The van der Waals surface area contributed by atoms with Gasteiger partial charge in [0.2, 0.25) is 0 Å². The zero-order valence-corrected chi connectivity index (χ0v) is 18.6. The Labute approximate surface area is 191 Å². The molecule has 0 heterocycles. The number of benzene rings is 4. The highest BCUT2D eigenvalue weighted by molar-refractivity contribution is 5.46. The zero-order valence-electron chi connectivity index (χ0n) is 18.6. The minimum atomic E-state index is -0.810. The topological polar surface area (TPSA) is 52.0 Å². The fourth-order valence-electron chi connectivity index (χ4n) is 4.96. The molecule has 0 aliphatic heterocycles. The molecule has 4 rings (SSSR count). The van der Waals surface area contributed by atoms with Crippen molar-refractivity contribution in [2.24, 2.45) is 17.4 Å². The van der Waals surface area contributed by atoms with Crippen molar-refractivity contribution in [2.75, 3.05) is 0 Å². The first kappa shape index (κ1) is 22.0. The fraction of sp³-hybridized carbons (Fsp3) is 0.167. The van der Waals surface area contributed by atoms with E-state index in [1.54, 1.807) is 0 Å². The highest BCUT2D eigenvalue weighted by Gasteiger charge is 2.50. The molecule has 0 unspecified atom stereocenters. The Kier molecular flexibility index (Phi) is 6.55. The van der Waals surface area contributed by atoms with Gasteiger partial charge >= 0.3 is 0 Å². The summed E-state index contributed by atoms with van der Waals surface area (Å²) in [5.41, 5.74) is 17.7. The van der Waals surface area contributed by atoms with Crippen molar-refractivity contribution < 1.29 is 0 Å². The number of hydrogen-bond acceptors (Lipinski definition) is 2. The van der Waals surface area contributed by atoms with Crippen molar-refractivity contribution in [1.82, 2.24) is 0 Å². The van der Waals surface area contributed by atoms with E-state index in [2.05, 4.69) is 110 Å². The molecular formula is C30H31N2. The smallest absolute Gasteiger partial charge is 0.0718 e. The molecule has 0 aliphatic rings. The average Bonchev–Trinajstić information content (AvgIpc) is 2.88. The monoisotopic (exact) mass is 419 g/mol. The summed E-state index contributed by atoms with van der Waals surface area (Å²) in [5.74, 6) is -0.144. The van der Waals surface area contributed by atoms with Gasteiger partial charge in [-0.3, -0.25) is 0 Å². The fourth-order valence-corrected chi connectivity index (χ4v) is 4.96. The predicted molar refractivity (Wildman–Crippen MR) is 134 cm³/mol. The molecule has 1 radical (unpaired) electrons. The van der Waals surface area contributed by atoms with E-state index in [1.807, 2.05) is 24.3 Å². The molecule has 2 nitrogen and oxygen atoms in total. The van der Waals surface area contributed by atoms with Crippen LogP contribution >= 0.6 is 0 Å². The maximum absolute atomic E-state index is 7.53. The lowest BCUT2D eigenvalue weighted by Gasteiger charge is -2.49. The third-order valence-corrected chi connectivity index (χ3v) is 6.58. The van der Waals surface area contributed by atoms with Gasteiger partial charge in [0.05, 0.1) is 11.1 Å². The quantitative estimate of drug-likeness (QED) is 0.367. The second-order valence-corrected chi connectivity index (χ2v) is 8.40. The Balaban J connectivity index is 2.03. The first-order chi connectivity index (χ1) is 15.6. The molecule has 0 aromatic heterocycles. The highest BCUT2D eigenvalue weighted by Crippen LogP contribution is 2.48. The first-order valence-electron chi connectivity index (χ1n) is 11.2. The van der Waals surface area contributed by atoms with Crippen LogP contribution in [0.5, 0.6) is 0 Å². The molecule has 161 valence electrons. The predicted octanol–water partition coefficient (Wildman–Crippen LogP) is 6.02. The summed E-state index contributed by atoms with van der Waals surface area (Å²) in [5, 5.41) is 0. The SMILES string of the molecule is C[CH]CC(C(N)(c1ccccc1)c1ccccc1)C(N)(c1ccccc1)c1ccccc1. The molecule has 0 bridgehead atoms. The maximum Gasteiger partial charge on any atom is 0.0718 e. The maximum atomic E-state index is 7.53. The van der Waals surface area contributed by atoms with Gasteiger partial charge in [0.15, 0.2) is 0 Å². The molecule has 2 heteroatoms. The molecule has 0 saturated heterocycles. The molecule has 32 heavy (non-hydrogen) atoms. The van der Waals surface area contributed by atoms with Gasteiger partial charge in [-0.15, -0.1) is 0 Å². The standard InChI is InChI=1S/C30H31N2/c1-2-15-28(29(31,24-16-7-3-8-17-24)25-18-9-4-10-19-25)30(32,26-20-11-5-12-21-26)27-22-13-6-14-23-27/h2-14,16-23,28H,15,31-32H2,1H3. The van der Waals surface area contributed by atoms with Gasteiger partial charge < -0.3 is 11.5 Å². The molecular weight excluding hydrogens is 388 g/mol. The van der Waals surface area contributed by atoms with Crippen LogP contribution in [0.2, 0.25) is 0 Å². The van der Waals surface area contributed by atoms with Crippen LogP contribution in [0.25, 0.3) is 0 Å². The molecule has 0 aliphatic carbocycles. The Hall–Kier alpha value is -3.20. The van der Waals surface area contributed by atoms with E-state index in [9.17, 15) is 0 Å². The highest BCUT2D eigenvalue weighted by atomic mass is 14.9.